The highest BCUT2D eigenvalue weighted by Gasteiger charge is 2.39. The van der Waals surface area contributed by atoms with E-state index in [0.29, 0.717) is 17.9 Å². The van der Waals surface area contributed by atoms with Crippen molar-refractivity contribution in [3.63, 3.8) is 0 Å². The lowest BCUT2D eigenvalue weighted by Gasteiger charge is -2.39. The number of allylic oxidation sites excluding steroid dienone is 1. The molecule has 0 bridgehead atoms. The van der Waals surface area contributed by atoms with Gasteiger partial charge >= 0.3 is 12.0 Å². The van der Waals surface area contributed by atoms with Crippen molar-refractivity contribution in [3.05, 3.63) is 71.4 Å². The van der Waals surface area contributed by atoms with Gasteiger partial charge in [0.05, 0.1) is 18.2 Å². The standard InChI is InChI=1S/C23H26N2O4/c1-16-20(22(26)29-15-14-28-4)21(25(3)23(27)24(16)2)19-12-10-18(11-13-19)17-8-6-5-7-9-17/h5-13,21H,14-15H2,1-4H3/t21-/m1/s1. The van der Waals surface area contributed by atoms with Crippen LogP contribution in [0.25, 0.3) is 11.1 Å². The zero-order valence-corrected chi connectivity index (χ0v) is 17.2. The van der Waals surface area contributed by atoms with Crippen LogP contribution in [0.3, 0.4) is 0 Å². The summed E-state index contributed by atoms with van der Waals surface area (Å²) in [7, 11) is 4.91. The highest BCUT2D eigenvalue weighted by Crippen LogP contribution is 2.36. The summed E-state index contributed by atoms with van der Waals surface area (Å²) < 4.78 is 10.3. The fraction of sp³-hybridized carbons (Fsp3) is 0.304. The van der Waals surface area contributed by atoms with Crippen LogP contribution >= 0.6 is 0 Å². The molecule has 0 aliphatic carbocycles. The van der Waals surface area contributed by atoms with Crippen molar-refractivity contribution in [3.8, 4) is 11.1 Å². The van der Waals surface area contributed by atoms with Gasteiger partial charge in [-0.25, -0.2) is 9.59 Å². The number of hydrogen-bond donors (Lipinski definition) is 0. The van der Waals surface area contributed by atoms with Crippen molar-refractivity contribution in [2.45, 2.75) is 13.0 Å². The number of carbonyl (C=O) groups excluding carboxylic acids is 2. The SMILES string of the molecule is COCCOC(=O)C1=C(C)N(C)C(=O)N(C)[C@@H]1c1ccc(-c2ccccc2)cc1. The number of hydrogen-bond acceptors (Lipinski definition) is 4. The quantitative estimate of drug-likeness (QED) is 0.552. The van der Waals surface area contributed by atoms with E-state index in [2.05, 4.69) is 0 Å². The predicted molar refractivity (Wildman–Crippen MR) is 111 cm³/mol. The van der Waals surface area contributed by atoms with Gasteiger partial charge in [0, 0.05) is 26.9 Å². The Bertz CT molecular complexity index is 906. The molecule has 2 amide bonds. The first-order valence-corrected chi connectivity index (χ1v) is 9.48. The Kier molecular flexibility index (Phi) is 6.34. The van der Waals surface area contributed by atoms with E-state index in [4.69, 9.17) is 9.47 Å². The molecule has 0 unspecified atom stereocenters. The minimum atomic E-state index is -0.515. The molecule has 1 atom stereocenters. The van der Waals surface area contributed by atoms with Crippen molar-refractivity contribution in [2.24, 2.45) is 0 Å². The highest BCUT2D eigenvalue weighted by molar-refractivity contribution is 5.95. The van der Waals surface area contributed by atoms with Gasteiger partial charge in [-0.1, -0.05) is 54.6 Å². The molecule has 1 aliphatic heterocycles. The van der Waals surface area contributed by atoms with E-state index in [1.54, 1.807) is 33.0 Å². The van der Waals surface area contributed by atoms with Crippen LogP contribution in [0.2, 0.25) is 0 Å². The van der Waals surface area contributed by atoms with Crippen LogP contribution in [0.5, 0.6) is 0 Å². The van der Waals surface area contributed by atoms with Gasteiger partial charge in [0.2, 0.25) is 0 Å². The van der Waals surface area contributed by atoms with E-state index in [1.165, 1.54) is 4.90 Å². The molecule has 0 saturated carbocycles. The van der Waals surface area contributed by atoms with Crippen LogP contribution in [-0.2, 0) is 14.3 Å². The fourth-order valence-electron chi connectivity index (χ4n) is 3.50. The van der Waals surface area contributed by atoms with Gasteiger partial charge in [0.25, 0.3) is 0 Å². The van der Waals surface area contributed by atoms with Gasteiger partial charge in [-0.3, -0.25) is 0 Å². The highest BCUT2D eigenvalue weighted by atomic mass is 16.6. The molecule has 1 heterocycles. The number of amides is 2. The zero-order chi connectivity index (χ0) is 21.0. The molecule has 0 spiro atoms. The van der Waals surface area contributed by atoms with E-state index >= 15 is 0 Å². The van der Waals surface area contributed by atoms with Gasteiger partial charge < -0.3 is 19.3 Å². The molecule has 2 aromatic rings. The molecule has 6 nitrogen and oxygen atoms in total. The number of nitrogens with zero attached hydrogens (tertiary/aromatic N) is 2. The van der Waals surface area contributed by atoms with Gasteiger partial charge in [-0.2, -0.15) is 0 Å². The maximum absolute atomic E-state index is 12.9. The average Bonchev–Trinajstić information content (AvgIpc) is 2.75. The van der Waals surface area contributed by atoms with E-state index < -0.39 is 12.0 Å². The van der Waals surface area contributed by atoms with Gasteiger partial charge in [-0.15, -0.1) is 0 Å². The molecule has 0 fully saturated rings. The first-order chi connectivity index (χ1) is 14.0. The number of methoxy groups -OCH3 is 1. The van der Waals surface area contributed by atoms with Crippen molar-refractivity contribution >= 4 is 12.0 Å². The van der Waals surface area contributed by atoms with Crippen molar-refractivity contribution in [1.29, 1.82) is 0 Å². The van der Waals surface area contributed by atoms with Crippen LogP contribution in [0.4, 0.5) is 4.79 Å². The molecule has 1 aliphatic rings. The van der Waals surface area contributed by atoms with Crippen LogP contribution in [0.15, 0.2) is 65.9 Å². The van der Waals surface area contributed by atoms with Crippen LogP contribution in [0, 0.1) is 0 Å². The third-order valence-electron chi connectivity index (χ3n) is 5.22. The van der Waals surface area contributed by atoms with E-state index in [0.717, 1.165) is 16.7 Å². The number of esters is 1. The molecule has 6 heteroatoms. The van der Waals surface area contributed by atoms with Crippen molar-refractivity contribution in [1.82, 2.24) is 9.80 Å². The normalized spacial score (nSPS) is 17.0. The summed E-state index contributed by atoms with van der Waals surface area (Å²) in [4.78, 5) is 28.6. The van der Waals surface area contributed by atoms with Crippen LogP contribution < -0.4 is 0 Å². The number of rotatable bonds is 6. The Morgan fingerprint density at radius 2 is 1.59 bits per heavy atom. The lowest BCUT2D eigenvalue weighted by molar-refractivity contribution is -0.141. The largest absolute Gasteiger partial charge is 0.460 e. The third kappa shape index (κ3) is 4.17. The Balaban J connectivity index is 1.97. The molecule has 29 heavy (non-hydrogen) atoms. The van der Waals surface area contributed by atoms with E-state index in [9.17, 15) is 9.59 Å². The lowest BCUT2D eigenvalue weighted by atomic mass is 9.92. The number of carbonyl (C=O) groups is 2. The average molecular weight is 394 g/mol. The smallest absolute Gasteiger partial charge is 0.338 e. The molecule has 152 valence electrons. The minimum Gasteiger partial charge on any atom is -0.460 e. The molecule has 2 aromatic carbocycles. The fourth-order valence-corrected chi connectivity index (χ4v) is 3.50. The summed E-state index contributed by atoms with van der Waals surface area (Å²) in [5.74, 6) is -0.442. The monoisotopic (exact) mass is 394 g/mol. The second-order valence-electron chi connectivity index (χ2n) is 6.97. The maximum Gasteiger partial charge on any atom is 0.338 e. The summed E-state index contributed by atoms with van der Waals surface area (Å²) in [6, 6.07) is 17.3. The summed E-state index contributed by atoms with van der Waals surface area (Å²) in [5.41, 5.74) is 4.08. The Morgan fingerprint density at radius 1 is 0.966 bits per heavy atom. The van der Waals surface area contributed by atoms with E-state index in [-0.39, 0.29) is 12.6 Å². The zero-order valence-electron chi connectivity index (χ0n) is 17.2. The minimum absolute atomic E-state index is 0.160. The first-order valence-electron chi connectivity index (χ1n) is 9.48. The Hall–Kier alpha value is -3.12. The molecule has 0 aromatic heterocycles. The number of ether oxygens (including phenoxy) is 2. The van der Waals surface area contributed by atoms with E-state index in [1.807, 2.05) is 54.6 Å². The summed E-state index contributed by atoms with van der Waals surface area (Å²) >= 11 is 0. The van der Waals surface area contributed by atoms with Crippen LogP contribution in [-0.4, -0.2) is 56.2 Å². The topological polar surface area (TPSA) is 59.1 Å². The second kappa shape index (κ2) is 8.92. The van der Waals surface area contributed by atoms with Gasteiger partial charge in [-0.05, 0) is 23.6 Å². The predicted octanol–water partition coefficient (Wildman–Crippen LogP) is 3.86. The van der Waals surface area contributed by atoms with Crippen LogP contribution in [0.1, 0.15) is 18.5 Å². The van der Waals surface area contributed by atoms with Gasteiger partial charge in [0.1, 0.15) is 6.61 Å². The van der Waals surface area contributed by atoms with Gasteiger partial charge in [0.15, 0.2) is 0 Å². The molecular formula is C23H26N2O4. The molecule has 0 N–H and O–H groups in total. The maximum atomic E-state index is 12.9. The van der Waals surface area contributed by atoms with Crippen molar-refractivity contribution < 1.29 is 19.1 Å². The van der Waals surface area contributed by atoms with Crippen molar-refractivity contribution in [2.75, 3.05) is 34.4 Å². The third-order valence-corrected chi connectivity index (χ3v) is 5.22. The molecular weight excluding hydrogens is 368 g/mol. The molecule has 0 radical (unpaired) electrons. The Morgan fingerprint density at radius 3 is 2.21 bits per heavy atom. The Labute approximate surface area is 171 Å². The first kappa shape index (κ1) is 20.6. The molecule has 3 rings (SSSR count). The molecule has 0 saturated heterocycles. The number of likely N-dealkylation sites (N-methyl/N-ethyl adjacent to an activating group) is 1. The lowest BCUT2D eigenvalue weighted by Crippen LogP contribution is -2.47. The summed E-state index contributed by atoms with van der Waals surface area (Å²) in [5, 5.41) is 0. The summed E-state index contributed by atoms with van der Waals surface area (Å²) in [6.07, 6.45) is 0. The summed E-state index contributed by atoms with van der Waals surface area (Å²) in [6.45, 7) is 2.25. The second-order valence-corrected chi connectivity index (χ2v) is 6.97. The number of urea groups is 1. The number of benzene rings is 2.